The molecule has 0 N–H and O–H groups in total. The van der Waals surface area contributed by atoms with Crippen molar-refractivity contribution in [2.24, 2.45) is 0 Å². The zero-order chi connectivity index (χ0) is 12.5. The molecule has 0 saturated carbocycles. The van der Waals surface area contributed by atoms with E-state index in [2.05, 4.69) is 0 Å². The van der Waals surface area contributed by atoms with Crippen LogP contribution in [-0.2, 0) is 20.7 Å². The van der Waals surface area contributed by atoms with Gasteiger partial charge >= 0.3 is 11.9 Å². The quantitative estimate of drug-likeness (QED) is 0.731. The zero-order valence-electron chi connectivity index (χ0n) is 9.86. The summed E-state index contributed by atoms with van der Waals surface area (Å²) in [6, 6.07) is 7.13. The van der Waals surface area contributed by atoms with E-state index in [0.29, 0.717) is 12.0 Å². The molecule has 90 valence electrons. The fraction of sp³-hybridized carbons (Fsp3) is 0.385. The standard InChI is InChI=1S/C13H14O4/c1-3-16-12(15)13(2)8-9-6-4-5-7-10(9)11(14)17-13/h4-7H,3,8H2,1-2H3. The van der Waals surface area contributed by atoms with E-state index in [1.807, 2.05) is 12.1 Å². The Hall–Kier alpha value is -1.84. The first-order valence-corrected chi connectivity index (χ1v) is 5.55. The number of cyclic esters (lactones) is 1. The first-order valence-electron chi connectivity index (χ1n) is 5.55. The van der Waals surface area contributed by atoms with E-state index < -0.39 is 17.5 Å². The number of ether oxygens (including phenoxy) is 2. The summed E-state index contributed by atoms with van der Waals surface area (Å²) in [6.07, 6.45) is 0.355. The van der Waals surface area contributed by atoms with Gasteiger partial charge in [0.25, 0.3) is 0 Å². The van der Waals surface area contributed by atoms with Gasteiger partial charge in [-0.25, -0.2) is 9.59 Å². The van der Waals surface area contributed by atoms with Crippen molar-refractivity contribution in [2.75, 3.05) is 6.61 Å². The molecule has 2 rings (SSSR count). The van der Waals surface area contributed by atoms with Gasteiger partial charge in [0.05, 0.1) is 12.2 Å². The highest BCUT2D eigenvalue weighted by Crippen LogP contribution is 2.28. The van der Waals surface area contributed by atoms with E-state index in [-0.39, 0.29) is 6.61 Å². The summed E-state index contributed by atoms with van der Waals surface area (Å²) in [4.78, 5) is 23.6. The third-order valence-electron chi connectivity index (χ3n) is 2.79. The molecule has 1 aromatic rings. The lowest BCUT2D eigenvalue weighted by Crippen LogP contribution is -2.46. The molecule has 1 aliphatic heterocycles. The molecular formula is C13H14O4. The maximum absolute atomic E-state index is 11.8. The SMILES string of the molecule is CCOC(=O)C1(C)Cc2ccccc2C(=O)O1. The zero-order valence-corrected chi connectivity index (χ0v) is 9.86. The Morgan fingerprint density at radius 1 is 1.47 bits per heavy atom. The summed E-state index contributed by atoms with van der Waals surface area (Å²) in [5.74, 6) is -0.967. The van der Waals surface area contributed by atoms with Crippen LogP contribution in [0, 0.1) is 0 Å². The van der Waals surface area contributed by atoms with Crippen LogP contribution in [0.25, 0.3) is 0 Å². The van der Waals surface area contributed by atoms with Crippen molar-refractivity contribution in [3.05, 3.63) is 35.4 Å². The molecule has 1 atom stereocenters. The van der Waals surface area contributed by atoms with Crippen LogP contribution in [0.4, 0.5) is 0 Å². The highest BCUT2D eigenvalue weighted by atomic mass is 16.6. The van der Waals surface area contributed by atoms with Crippen molar-refractivity contribution in [1.82, 2.24) is 0 Å². The van der Waals surface area contributed by atoms with Crippen LogP contribution >= 0.6 is 0 Å². The number of hydrogen-bond donors (Lipinski definition) is 0. The van der Waals surface area contributed by atoms with Gasteiger partial charge in [-0.05, 0) is 25.5 Å². The Labute approximate surface area is 99.5 Å². The van der Waals surface area contributed by atoms with Gasteiger partial charge in [-0.15, -0.1) is 0 Å². The molecule has 1 heterocycles. The van der Waals surface area contributed by atoms with Crippen molar-refractivity contribution in [2.45, 2.75) is 25.9 Å². The molecule has 0 fully saturated rings. The van der Waals surface area contributed by atoms with Gasteiger partial charge in [0.1, 0.15) is 0 Å². The molecule has 1 aromatic carbocycles. The van der Waals surface area contributed by atoms with Crippen LogP contribution in [0.5, 0.6) is 0 Å². The van der Waals surface area contributed by atoms with Crippen LogP contribution in [0.2, 0.25) is 0 Å². The molecule has 0 aliphatic carbocycles. The van der Waals surface area contributed by atoms with Crippen molar-refractivity contribution in [1.29, 1.82) is 0 Å². The third kappa shape index (κ3) is 2.02. The number of esters is 2. The Balaban J connectivity index is 2.33. The molecule has 4 nitrogen and oxygen atoms in total. The summed E-state index contributed by atoms with van der Waals surface area (Å²) < 4.78 is 10.1. The second-order valence-corrected chi connectivity index (χ2v) is 4.17. The molecule has 0 amide bonds. The van der Waals surface area contributed by atoms with Crippen LogP contribution < -0.4 is 0 Å². The van der Waals surface area contributed by atoms with E-state index in [1.165, 1.54) is 0 Å². The predicted octanol–water partition coefficient (Wildman–Crippen LogP) is 1.72. The number of carbonyl (C=O) groups is 2. The summed E-state index contributed by atoms with van der Waals surface area (Å²) in [5, 5.41) is 0. The Morgan fingerprint density at radius 3 is 2.88 bits per heavy atom. The molecule has 0 radical (unpaired) electrons. The average Bonchev–Trinajstić information content (AvgIpc) is 2.29. The smallest absolute Gasteiger partial charge is 0.350 e. The second-order valence-electron chi connectivity index (χ2n) is 4.17. The van der Waals surface area contributed by atoms with Crippen LogP contribution in [0.1, 0.15) is 29.8 Å². The van der Waals surface area contributed by atoms with E-state index >= 15 is 0 Å². The van der Waals surface area contributed by atoms with Crippen LogP contribution in [0.15, 0.2) is 24.3 Å². The van der Waals surface area contributed by atoms with E-state index in [1.54, 1.807) is 26.0 Å². The van der Waals surface area contributed by atoms with Gasteiger partial charge in [-0.2, -0.15) is 0 Å². The normalized spacial score (nSPS) is 22.6. The van der Waals surface area contributed by atoms with Gasteiger partial charge in [-0.1, -0.05) is 18.2 Å². The van der Waals surface area contributed by atoms with Gasteiger partial charge < -0.3 is 9.47 Å². The molecule has 0 spiro atoms. The lowest BCUT2D eigenvalue weighted by molar-refractivity contribution is -0.164. The minimum absolute atomic E-state index is 0.271. The van der Waals surface area contributed by atoms with Crippen molar-refractivity contribution in [3.63, 3.8) is 0 Å². The number of hydrogen-bond acceptors (Lipinski definition) is 4. The molecule has 17 heavy (non-hydrogen) atoms. The number of rotatable bonds is 2. The van der Waals surface area contributed by atoms with Crippen LogP contribution in [-0.4, -0.2) is 24.1 Å². The Morgan fingerprint density at radius 2 is 2.18 bits per heavy atom. The molecule has 1 unspecified atom stereocenters. The molecule has 1 aliphatic rings. The topological polar surface area (TPSA) is 52.6 Å². The highest BCUT2D eigenvalue weighted by Gasteiger charge is 2.43. The fourth-order valence-electron chi connectivity index (χ4n) is 1.93. The van der Waals surface area contributed by atoms with Crippen molar-refractivity contribution in [3.8, 4) is 0 Å². The first-order chi connectivity index (χ1) is 8.07. The lowest BCUT2D eigenvalue weighted by atomic mass is 9.90. The average molecular weight is 234 g/mol. The summed E-state index contributed by atoms with van der Waals surface area (Å²) >= 11 is 0. The molecule has 0 bridgehead atoms. The van der Waals surface area contributed by atoms with E-state index in [4.69, 9.17) is 9.47 Å². The van der Waals surface area contributed by atoms with Gasteiger partial charge in [0, 0.05) is 6.42 Å². The molecular weight excluding hydrogens is 220 g/mol. The largest absolute Gasteiger partial charge is 0.463 e. The highest BCUT2D eigenvalue weighted by molar-refractivity contribution is 5.96. The van der Waals surface area contributed by atoms with Crippen molar-refractivity contribution < 1.29 is 19.1 Å². The Bertz CT molecular complexity index is 466. The Kier molecular flexibility index (Phi) is 2.88. The number of benzene rings is 1. The number of carbonyl (C=O) groups excluding carboxylic acids is 2. The van der Waals surface area contributed by atoms with Gasteiger partial charge in [0.15, 0.2) is 0 Å². The van der Waals surface area contributed by atoms with Gasteiger partial charge in [0.2, 0.25) is 5.60 Å². The maximum Gasteiger partial charge on any atom is 0.350 e. The minimum atomic E-state index is -1.21. The lowest BCUT2D eigenvalue weighted by Gasteiger charge is -2.31. The summed E-state index contributed by atoms with van der Waals surface area (Å²) in [7, 11) is 0. The van der Waals surface area contributed by atoms with Crippen molar-refractivity contribution >= 4 is 11.9 Å². The van der Waals surface area contributed by atoms with E-state index in [9.17, 15) is 9.59 Å². The van der Waals surface area contributed by atoms with Crippen LogP contribution in [0.3, 0.4) is 0 Å². The fourth-order valence-corrected chi connectivity index (χ4v) is 1.93. The molecule has 0 aromatic heterocycles. The van der Waals surface area contributed by atoms with Gasteiger partial charge in [-0.3, -0.25) is 0 Å². The molecule has 0 saturated heterocycles. The monoisotopic (exact) mass is 234 g/mol. The molecule has 4 heteroatoms. The maximum atomic E-state index is 11.8. The minimum Gasteiger partial charge on any atom is -0.463 e. The first kappa shape index (κ1) is 11.6. The predicted molar refractivity (Wildman–Crippen MR) is 60.6 cm³/mol. The van der Waals surface area contributed by atoms with E-state index in [0.717, 1.165) is 5.56 Å². The summed E-state index contributed by atoms with van der Waals surface area (Å²) in [5.41, 5.74) is 0.134. The summed E-state index contributed by atoms with van der Waals surface area (Å²) in [6.45, 7) is 3.58. The number of fused-ring (bicyclic) bond motifs is 1. The third-order valence-corrected chi connectivity index (χ3v) is 2.79. The second kappa shape index (κ2) is 4.20.